The van der Waals surface area contributed by atoms with Gasteiger partial charge in [-0.15, -0.1) is 11.3 Å². The van der Waals surface area contributed by atoms with Crippen molar-refractivity contribution in [2.24, 2.45) is 0 Å². The minimum absolute atomic E-state index is 0.258. The van der Waals surface area contributed by atoms with Crippen LogP contribution in [0.2, 0.25) is 0 Å². The Hall–Kier alpha value is -1.77. The molecule has 8 heteroatoms. The lowest BCUT2D eigenvalue weighted by atomic mass is 10.2. The number of nitrogens with zero attached hydrogens (tertiary/aromatic N) is 2. The van der Waals surface area contributed by atoms with Crippen molar-refractivity contribution in [3.05, 3.63) is 47.6 Å². The lowest BCUT2D eigenvalue weighted by Gasteiger charge is -2.22. The van der Waals surface area contributed by atoms with E-state index in [0.717, 1.165) is 5.56 Å². The molecule has 0 aliphatic carbocycles. The molecule has 0 bridgehead atoms. The van der Waals surface area contributed by atoms with Gasteiger partial charge < -0.3 is 5.32 Å². The van der Waals surface area contributed by atoms with E-state index < -0.39 is 16.1 Å². The molecule has 3 rings (SSSR count). The third-order valence-corrected chi connectivity index (χ3v) is 7.04. The van der Waals surface area contributed by atoms with Crippen molar-refractivity contribution >= 4 is 27.3 Å². The Morgan fingerprint density at radius 1 is 1.39 bits per heavy atom. The Kier molecular flexibility index (Phi) is 4.74. The van der Waals surface area contributed by atoms with Gasteiger partial charge in [-0.25, -0.2) is 8.42 Å². The molecule has 1 amide bonds. The molecule has 1 fully saturated rings. The summed E-state index contributed by atoms with van der Waals surface area (Å²) < 4.78 is 26.9. The number of carbonyl (C=O) groups is 1. The van der Waals surface area contributed by atoms with Gasteiger partial charge in [-0.1, -0.05) is 12.1 Å². The molecular weight excluding hydrogens is 334 g/mol. The summed E-state index contributed by atoms with van der Waals surface area (Å²) in [7, 11) is -3.59. The Labute approximate surface area is 139 Å². The van der Waals surface area contributed by atoms with Crippen LogP contribution in [0.25, 0.3) is 0 Å². The minimum Gasteiger partial charge on any atom is -0.351 e. The van der Waals surface area contributed by atoms with Crippen LogP contribution in [0.5, 0.6) is 0 Å². The maximum absolute atomic E-state index is 12.6. The second kappa shape index (κ2) is 6.77. The van der Waals surface area contributed by atoms with E-state index in [0.29, 0.717) is 25.9 Å². The molecule has 1 aliphatic rings. The van der Waals surface area contributed by atoms with Crippen LogP contribution in [0.15, 0.2) is 46.2 Å². The number of pyridine rings is 1. The van der Waals surface area contributed by atoms with Crippen LogP contribution in [0.1, 0.15) is 18.4 Å². The lowest BCUT2D eigenvalue weighted by molar-refractivity contribution is -0.124. The van der Waals surface area contributed by atoms with Crippen molar-refractivity contribution < 1.29 is 13.2 Å². The minimum atomic E-state index is -3.59. The number of hydrogen-bond acceptors (Lipinski definition) is 5. The lowest BCUT2D eigenvalue weighted by Crippen LogP contribution is -2.45. The highest BCUT2D eigenvalue weighted by Crippen LogP contribution is 2.28. The first kappa shape index (κ1) is 16.1. The van der Waals surface area contributed by atoms with Crippen LogP contribution >= 0.6 is 11.3 Å². The van der Waals surface area contributed by atoms with Crippen molar-refractivity contribution in [3.63, 3.8) is 0 Å². The summed E-state index contributed by atoms with van der Waals surface area (Å²) >= 11 is 1.17. The van der Waals surface area contributed by atoms with Crippen molar-refractivity contribution in [2.75, 3.05) is 6.54 Å². The Bertz CT molecular complexity index is 761. The molecule has 0 radical (unpaired) electrons. The summed E-state index contributed by atoms with van der Waals surface area (Å²) in [6.07, 6.45) is 4.58. The molecular formula is C15H17N3O3S2. The summed E-state index contributed by atoms with van der Waals surface area (Å²) in [6, 6.07) is 6.29. The number of aromatic nitrogens is 1. The summed E-state index contributed by atoms with van der Waals surface area (Å²) in [5.41, 5.74) is 0.881. The first-order valence-corrected chi connectivity index (χ1v) is 9.63. The van der Waals surface area contributed by atoms with Gasteiger partial charge in [0, 0.05) is 25.5 Å². The fourth-order valence-corrected chi connectivity index (χ4v) is 5.40. The van der Waals surface area contributed by atoms with Gasteiger partial charge in [-0.3, -0.25) is 9.78 Å². The maximum Gasteiger partial charge on any atom is 0.253 e. The van der Waals surface area contributed by atoms with E-state index in [1.54, 1.807) is 36.0 Å². The zero-order valence-corrected chi connectivity index (χ0v) is 14.0. The first-order valence-electron chi connectivity index (χ1n) is 7.31. The summed E-state index contributed by atoms with van der Waals surface area (Å²) in [5.74, 6) is -0.258. The Morgan fingerprint density at radius 3 is 2.96 bits per heavy atom. The van der Waals surface area contributed by atoms with Gasteiger partial charge in [0.25, 0.3) is 10.0 Å². The Morgan fingerprint density at radius 2 is 2.26 bits per heavy atom. The topological polar surface area (TPSA) is 79.4 Å². The number of sulfonamides is 1. The van der Waals surface area contributed by atoms with Crippen molar-refractivity contribution in [1.29, 1.82) is 0 Å². The van der Waals surface area contributed by atoms with Crippen LogP contribution in [-0.4, -0.2) is 36.2 Å². The molecule has 23 heavy (non-hydrogen) atoms. The number of hydrogen-bond donors (Lipinski definition) is 1. The number of carbonyl (C=O) groups excluding carboxylic acids is 1. The predicted molar refractivity (Wildman–Crippen MR) is 87.3 cm³/mol. The van der Waals surface area contributed by atoms with Crippen LogP contribution in [0.3, 0.4) is 0 Å². The third-order valence-electron chi connectivity index (χ3n) is 3.75. The standard InChI is InChI=1S/C15H17N3O3S2/c19-15(17-11-12-4-1-7-16-10-12)13-5-2-8-18(13)23(20,21)14-6-3-9-22-14/h1,3-4,6-7,9-10,13H,2,5,8,11H2,(H,17,19). The molecule has 1 unspecified atom stereocenters. The molecule has 2 aromatic rings. The molecule has 1 aliphatic heterocycles. The molecule has 1 N–H and O–H groups in total. The van der Waals surface area contributed by atoms with E-state index in [1.165, 1.54) is 15.6 Å². The van der Waals surface area contributed by atoms with Gasteiger partial charge in [-0.2, -0.15) is 4.31 Å². The SMILES string of the molecule is O=C(NCc1cccnc1)C1CCCN1S(=O)(=O)c1cccs1. The highest BCUT2D eigenvalue weighted by molar-refractivity contribution is 7.91. The van der Waals surface area contributed by atoms with Gasteiger partial charge in [0.2, 0.25) is 5.91 Å². The average Bonchev–Trinajstić information content (AvgIpc) is 3.25. The number of amides is 1. The van der Waals surface area contributed by atoms with E-state index in [9.17, 15) is 13.2 Å². The number of nitrogens with one attached hydrogen (secondary N) is 1. The van der Waals surface area contributed by atoms with Crippen LogP contribution < -0.4 is 5.32 Å². The quantitative estimate of drug-likeness (QED) is 0.888. The van der Waals surface area contributed by atoms with E-state index in [2.05, 4.69) is 10.3 Å². The van der Waals surface area contributed by atoms with Crippen molar-refractivity contribution in [1.82, 2.24) is 14.6 Å². The Balaban J connectivity index is 1.70. The molecule has 1 saturated heterocycles. The fraction of sp³-hybridized carbons (Fsp3) is 0.333. The largest absolute Gasteiger partial charge is 0.351 e. The molecule has 0 saturated carbocycles. The van der Waals surface area contributed by atoms with Crippen LogP contribution in [-0.2, 0) is 21.4 Å². The normalized spacial score (nSPS) is 18.9. The molecule has 2 aromatic heterocycles. The zero-order chi connectivity index (χ0) is 16.3. The highest BCUT2D eigenvalue weighted by Gasteiger charge is 2.39. The second-order valence-corrected chi connectivity index (χ2v) is 8.35. The van der Waals surface area contributed by atoms with E-state index >= 15 is 0 Å². The molecule has 0 aromatic carbocycles. The summed E-state index contributed by atoms with van der Waals surface area (Å²) in [4.78, 5) is 16.4. The molecule has 1 atom stereocenters. The van der Waals surface area contributed by atoms with Gasteiger partial charge in [0.15, 0.2) is 0 Å². The predicted octanol–water partition coefficient (Wildman–Crippen LogP) is 1.61. The van der Waals surface area contributed by atoms with Crippen molar-refractivity contribution in [3.8, 4) is 0 Å². The zero-order valence-electron chi connectivity index (χ0n) is 12.4. The van der Waals surface area contributed by atoms with Crippen molar-refractivity contribution in [2.45, 2.75) is 29.6 Å². The summed E-state index contributed by atoms with van der Waals surface area (Å²) in [5, 5.41) is 4.53. The van der Waals surface area contributed by atoms with E-state index in [-0.39, 0.29) is 10.1 Å². The fourth-order valence-electron chi connectivity index (χ4n) is 2.63. The summed E-state index contributed by atoms with van der Waals surface area (Å²) in [6.45, 7) is 0.723. The average molecular weight is 351 g/mol. The molecule has 122 valence electrons. The smallest absolute Gasteiger partial charge is 0.253 e. The van der Waals surface area contributed by atoms with Gasteiger partial charge in [-0.05, 0) is 35.9 Å². The van der Waals surface area contributed by atoms with Gasteiger partial charge >= 0.3 is 0 Å². The second-order valence-electron chi connectivity index (χ2n) is 5.28. The third kappa shape index (κ3) is 3.44. The van der Waals surface area contributed by atoms with Crippen LogP contribution in [0.4, 0.5) is 0 Å². The monoisotopic (exact) mass is 351 g/mol. The van der Waals surface area contributed by atoms with Gasteiger partial charge in [0.1, 0.15) is 10.3 Å². The molecule has 6 nitrogen and oxygen atoms in total. The highest BCUT2D eigenvalue weighted by atomic mass is 32.2. The van der Waals surface area contributed by atoms with E-state index in [1.807, 2.05) is 6.07 Å². The first-order chi connectivity index (χ1) is 11.1. The maximum atomic E-state index is 12.6. The van der Waals surface area contributed by atoms with E-state index in [4.69, 9.17) is 0 Å². The molecule has 0 spiro atoms. The molecule has 3 heterocycles. The number of thiophene rings is 1. The van der Waals surface area contributed by atoms with Gasteiger partial charge in [0.05, 0.1) is 0 Å². The number of rotatable bonds is 5. The van der Waals surface area contributed by atoms with Crippen LogP contribution in [0, 0.1) is 0 Å².